The number of hydrogen-bond donors (Lipinski definition) is 1. The summed E-state index contributed by atoms with van der Waals surface area (Å²) in [4.78, 5) is 0. The molecule has 0 aromatic carbocycles. The lowest BCUT2D eigenvalue weighted by molar-refractivity contribution is 0.00578. The molecule has 2 heterocycles. The zero-order valence-electron chi connectivity index (χ0n) is 11.2. The average Bonchev–Trinajstić information content (AvgIpc) is 2.77. The maximum absolute atomic E-state index is 6.10. The first kappa shape index (κ1) is 11.8. The minimum atomic E-state index is -0.214. The zero-order chi connectivity index (χ0) is 12.3. The number of nitrogens with one attached hydrogen (secondary N) is 1. The largest absolute Gasteiger partial charge is 0.490 e. The lowest BCUT2D eigenvalue weighted by Gasteiger charge is -2.32. The number of hydrogen-bond acceptors (Lipinski definition) is 3. The van der Waals surface area contributed by atoms with Gasteiger partial charge in [-0.05, 0) is 58.0 Å². The summed E-state index contributed by atoms with van der Waals surface area (Å²) in [7, 11) is -0.120. The predicted octanol–water partition coefficient (Wildman–Crippen LogP) is 1.78. The lowest BCUT2D eigenvalue weighted by Crippen LogP contribution is -2.41. The molecule has 0 saturated carbocycles. The Morgan fingerprint density at radius 3 is 2.41 bits per heavy atom. The maximum Gasteiger partial charge on any atom is 0.490 e. The number of rotatable bonds is 1. The van der Waals surface area contributed by atoms with Gasteiger partial charge in [-0.15, -0.1) is 0 Å². The topological polar surface area (TPSA) is 30.5 Å². The van der Waals surface area contributed by atoms with Crippen LogP contribution in [0.3, 0.4) is 0 Å². The lowest BCUT2D eigenvalue weighted by atomic mass is 9.77. The fourth-order valence-electron chi connectivity index (χ4n) is 2.99. The second kappa shape index (κ2) is 3.59. The average molecular weight is 235 g/mol. The highest BCUT2D eigenvalue weighted by Crippen LogP contribution is 2.42. The number of allylic oxidation sites excluding steroid dienone is 1. The molecule has 0 aromatic rings. The summed E-state index contributed by atoms with van der Waals surface area (Å²) in [5.41, 5.74) is 0.934. The fraction of sp³-hybridized carbons (Fsp3) is 0.846. The fourth-order valence-corrected chi connectivity index (χ4v) is 2.99. The van der Waals surface area contributed by atoms with Crippen LogP contribution in [-0.2, 0) is 9.31 Å². The van der Waals surface area contributed by atoms with E-state index in [0.29, 0.717) is 5.92 Å². The molecule has 2 atom stereocenters. The van der Waals surface area contributed by atoms with Crippen molar-refractivity contribution >= 4 is 7.12 Å². The van der Waals surface area contributed by atoms with Crippen molar-refractivity contribution in [1.82, 2.24) is 5.32 Å². The van der Waals surface area contributed by atoms with Crippen LogP contribution in [-0.4, -0.2) is 31.4 Å². The van der Waals surface area contributed by atoms with E-state index in [-0.39, 0.29) is 18.3 Å². The second-order valence-corrected chi connectivity index (χ2v) is 6.62. The van der Waals surface area contributed by atoms with Gasteiger partial charge in [0.05, 0.1) is 11.2 Å². The van der Waals surface area contributed by atoms with Crippen LogP contribution in [0.5, 0.6) is 0 Å². The van der Waals surface area contributed by atoms with E-state index in [1.54, 1.807) is 0 Å². The first-order valence-electron chi connectivity index (χ1n) is 6.66. The van der Waals surface area contributed by atoms with E-state index >= 15 is 0 Å². The quantitative estimate of drug-likeness (QED) is 0.703. The molecule has 0 aromatic heterocycles. The van der Waals surface area contributed by atoms with Crippen molar-refractivity contribution in [2.24, 2.45) is 11.8 Å². The van der Waals surface area contributed by atoms with Crippen LogP contribution in [0.4, 0.5) is 0 Å². The van der Waals surface area contributed by atoms with E-state index in [4.69, 9.17) is 9.31 Å². The van der Waals surface area contributed by atoms with Crippen LogP contribution in [0.15, 0.2) is 11.5 Å². The summed E-state index contributed by atoms with van der Waals surface area (Å²) in [6.07, 6.45) is 3.52. The van der Waals surface area contributed by atoms with Crippen molar-refractivity contribution < 1.29 is 9.31 Å². The van der Waals surface area contributed by atoms with Gasteiger partial charge in [-0.1, -0.05) is 6.08 Å². The van der Waals surface area contributed by atoms with E-state index in [1.165, 1.54) is 5.47 Å². The Balaban J connectivity index is 1.76. The van der Waals surface area contributed by atoms with Crippen LogP contribution >= 0.6 is 0 Å². The SMILES string of the molecule is CC1(C)OB(C2=C[C@H]3CNC[C@H]3C2)OC1(C)C. The molecule has 2 fully saturated rings. The van der Waals surface area contributed by atoms with Gasteiger partial charge in [0.2, 0.25) is 0 Å². The summed E-state index contributed by atoms with van der Waals surface area (Å²) in [5.74, 6) is 1.47. The summed E-state index contributed by atoms with van der Waals surface area (Å²) in [6, 6.07) is 0. The van der Waals surface area contributed by atoms with E-state index in [0.717, 1.165) is 25.4 Å². The third-order valence-electron chi connectivity index (χ3n) is 4.87. The Morgan fingerprint density at radius 2 is 1.82 bits per heavy atom. The molecule has 0 amide bonds. The standard InChI is InChI=1S/C13H22BNO2/c1-12(2)13(3,4)17-14(16-12)11-5-9-7-15-8-10(9)6-11/h5,9-10,15H,6-8H2,1-4H3/t9-,10+/m0/s1. The molecular weight excluding hydrogens is 213 g/mol. The van der Waals surface area contributed by atoms with E-state index < -0.39 is 0 Å². The predicted molar refractivity (Wildman–Crippen MR) is 68.6 cm³/mol. The Kier molecular flexibility index (Phi) is 2.48. The van der Waals surface area contributed by atoms with E-state index in [2.05, 4.69) is 39.1 Å². The molecule has 1 N–H and O–H groups in total. The highest BCUT2D eigenvalue weighted by Gasteiger charge is 2.53. The van der Waals surface area contributed by atoms with Gasteiger partial charge in [-0.2, -0.15) is 0 Å². The third-order valence-corrected chi connectivity index (χ3v) is 4.87. The van der Waals surface area contributed by atoms with Gasteiger partial charge in [0.1, 0.15) is 0 Å². The summed E-state index contributed by atoms with van der Waals surface area (Å²) < 4.78 is 12.2. The monoisotopic (exact) mass is 235 g/mol. The van der Waals surface area contributed by atoms with Crippen molar-refractivity contribution in [3.63, 3.8) is 0 Å². The molecule has 17 heavy (non-hydrogen) atoms. The Morgan fingerprint density at radius 1 is 1.18 bits per heavy atom. The van der Waals surface area contributed by atoms with Crippen LogP contribution in [0.25, 0.3) is 0 Å². The van der Waals surface area contributed by atoms with Gasteiger partial charge in [0.25, 0.3) is 0 Å². The molecule has 0 unspecified atom stereocenters. The van der Waals surface area contributed by atoms with Crippen LogP contribution < -0.4 is 5.32 Å². The molecule has 94 valence electrons. The van der Waals surface area contributed by atoms with Crippen LogP contribution in [0.1, 0.15) is 34.1 Å². The normalized spacial score (nSPS) is 38.4. The highest BCUT2D eigenvalue weighted by molar-refractivity contribution is 6.54. The molecule has 4 heteroatoms. The van der Waals surface area contributed by atoms with Gasteiger partial charge in [-0.25, -0.2) is 0 Å². The Labute approximate surface area is 104 Å². The molecule has 0 spiro atoms. The van der Waals surface area contributed by atoms with Crippen LogP contribution in [0, 0.1) is 11.8 Å². The first-order valence-corrected chi connectivity index (χ1v) is 6.66. The molecule has 0 radical (unpaired) electrons. The van der Waals surface area contributed by atoms with Crippen molar-refractivity contribution in [2.45, 2.75) is 45.3 Å². The van der Waals surface area contributed by atoms with E-state index in [9.17, 15) is 0 Å². The van der Waals surface area contributed by atoms with Crippen molar-refractivity contribution in [1.29, 1.82) is 0 Å². The van der Waals surface area contributed by atoms with Crippen molar-refractivity contribution in [2.75, 3.05) is 13.1 Å². The van der Waals surface area contributed by atoms with Gasteiger partial charge in [0.15, 0.2) is 0 Å². The Bertz CT molecular complexity index is 348. The summed E-state index contributed by atoms with van der Waals surface area (Å²) in [5, 5.41) is 3.44. The minimum absolute atomic E-state index is 0.120. The van der Waals surface area contributed by atoms with Crippen LogP contribution in [0.2, 0.25) is 0 Å². The molecule has 1 aliphatic carbocycles. The summed E-state index contributed by atoms with van der Waals surface area (Å²) in [6.45, 7) is 10.7. The number of fused-ring (bicyclic) bond motifs is 1. The maximum atomic E-state index is 6.10. The third kappa shape index (κ3) is 1.77. The second-order valence-electron chi connectivity index (χ2n) is 6.62. The molecule has 3 rings (SSSR count). The summed E-state index contributed by atoms with van der Waals surface area (Å²) >= 11 is 0. The smallest absolute Gasteiger partial charge is 0.400 e. The minimum Gasteiger partial charge on any atom is -0.400 e. The molecule has 3 aliphatic rings. The molecule has 2 aliphatic heterocycles. The zero-order valence-corrected chi connectivity index (χ0v) is 11.2. The first-order chi connectivity index (χ1) is 7.89. The van der Waals surface area contributed by atoms with Gasteiger partial charge in [0, 0.05) is 6.54 Å². The van der Waals surface area contributed by atoms with Gasteiger partial charge < -0.3 is 14.6 Å². The molecular formula is C13H22BNO2. The molecule has 3 nitrogen and oxygen atoms in total. The Hall–Kier alpha value is -0.315. The van der Waals surface area contributed by atoms with Gasteiger partial charge >= 0.3 is 7.12 Å². The van der Waals surface area contributed by atoms with Crippen molar-refractivity contribution in [3.05, 3.63) is 11.5 Å². The molecule has 0 bridgehead atoms. The molecule has 2 saturated heterocycles. The van der Waals surface area contributed by atoms with Crippen molar-refractivity contribution in [3.8, 4) is 0 Å². The van der Waals surface area contributed by atoms with E-state index in [1.807, 2.05) is 0 Å². The highest BCUT2D eigenvalue weighted by atomic mass is 16.7. The van der Waals surface area contributed by atoms with Gasteiger partial charge in [-0.3, -0.25) is 0 Å².